The summed E-state index contributed by atoms with van der Waals surface area (Å²) in [5.74, 6) is 0.744. The van der Waals surface area contributed by atoms with Crippen LogP contribution >= 0.6 is 0 Å². The van der Waals surface area contributed by atoms with E-state index >= 15 is 0 Å². The summed E-state index contributed by atoms with van der Waals surface area (Å²) in [6.45, 7) is 13.2. The highest BCUT2D eigenvalue weighted by Gasteiger charge is 2.07. The van der Waals surface area contributed by atoms with Crippen molar-refractivity contribution in [2.45, 2.75) is 66.0 Å². The number of hydrogen-bond donors (Lipinski definition) is 1. The second-order valence-corrected chi connectivity index (χ2v) is 6.57. The quantitative estimate of drug-likeness (QED) is 0.754. The molecule has 0 fully saturated rings. The Morgan fingerprint density at radius 3 is 2.67 bits per heavy atom. The van der Waals surface area contributed by atoms with Crippen LogP contribution in [0.25, 0.3) is 0 Å². The van der Waals surface area contributed by atoms with Crippen molar-refractivity contribution < 1.29 is 0 Å². The minimum atomic E-state index is 0.224. The summed E-state index contributed by atoms with van der Waals surface area (Å²) in [5, 5.41) is 7.92. The van der Waals surface area contributed by atoms with Crippen LogP contribution in [0, 0.1) is 5.92 Å². The molecule has 0 aliphatic heterocycles. The maximum atomic E-state index is 4.41. The van der Waals surface area contributed by atoms with Gasteiger partial charge in [-0.3, -0.25) is 4.68 Å². The van der Waals surface area contributed by atoms with Gasteiger partial charge in [0.15, 0.2) is 0 Å². The van der Waals surface area contributed by atoms with E-state index in [0.717, 1.165) is 25.4 Å². The van der Waals surface area contributed by atoms with Crippen LogP contribution < -0.4 is 5.32 Å². The van der Waals surface area contributed by atoms with Crippen molar-refractivity contribution in [1.29, 1.82) is 0 Å². The molecule has 0 radical (unpaired) electrons. The van der Waals surface area contributed by atoms with E-state index in [1.165, 1.54) is 18.4 Å². The number of aryl methyl sites for hydroxylation is 2. The zero-order valence-electron chi connectivity index (χ0n) is 12.7. The molecule has 1 rings (SSSR count). The normalized spacial score (nSPS) is 12.3. The summed E-state index contributed by atoms with van der Waals surface area (Å²) in [5.41, 5.74) is 1.58. The average molecular weight is 251 g/mol. The first-order valence-corrected chi connectivity index (χ1v) is 7.13. The molecule has 0 atom stereocenters. The third-order valence-corrected chi connectivity index (χ3v) is 2.92. The van der Waals surface area contributed by atoms with Gasteiger partial charge in [0.1, 0.15) is 0 Å². The van der Waals surface area contributed by atoms with E-state index < -0.39 is 0 Å². The molecule has 18 heavy (non-hydrogen) atoms. The minimum Gasteiger partial charge on any atom is -0.312 e. The van der Waals surface area contributed by atoms with Gasteiger partial charge in [0.2, 0.25) is 0 Å². The van der Waals surface area contributed by atoms with Gasteiger partial charge in [0.25, 0.3) is 0 Å². The lowest BCUT2D eigenvalue weighted by Gasteiger charge is -2.20. The van der Waals surface area contributed by atoms with Crippen LogP contribution in [0.4, 0.5) is 0 Å². The number of hydrogen-bond acceptors (Lipinski definition) is 2. The van der Waals surface area contributed by atoms with Crippen LogP contribution in [0.15, 0.2) is 12.4 Å². The van der Waals surface area contributed by atoms with Gasteiger partial charge in [-0.15, -0.1) is 0 Å². The van der Waals surface area contributed by atoms with E-state index in [9.17, 15) is 0 Å². The smallest absolute Gasteiger partial charge is 0.0521 e. The van der Waals surface area contributed by atoms with Gasteiger partial charge >= 0.3 is 0 Å². The Bertz CT molecular complexity index is 334. The van der Waals surface area contributed by atoms with Gasteiger partial charge in [-0.2, -0.15) is 5.10 Å². The van der Waals surface area contributed by atoms with Crippen molar-refractivity contribution in [2.75, 3.05) is 6.54 Å². The van der Waals surface area contributed by atoms with Gasteiger partial charge in [0, 0.05) is 18.3 Å². The third kappa shape index (κ3) is 6.80. The van der Waals surface area contributed by atoms with E-state index in [0.29, 0.717) is 0 Å². The molecule has 104 valence electrons. The second-order valence-electron chi connectivity index (χ2n) is 6.57. The Morgan fingerprint density at radius 1 is 1.33 bits per heavy atom. The highest BCUT2D eigenvalue weighted by molar-refractivity contribution is 5.03. The molecule has 0 aliphatic rings. The van der Waals surface area contributed by atoms with Gasteiger partial charge in [-0.1, -0.05) is 13.8 Å². The first kappa shape index (κ1) is 15.2. The van der Waals surface area contributed by atoms with Crippen molar-refractivity contribution in [3.8, 4) is 0 Å². The van der Waals surface area contributed by atoms with E-state index in [-0.39, 0.29) is 5.54 Å². The lowest BCUT2D eigenvalue weighted by Crippen LogP contribution is -2.36. The Hall–Kier alpha value is -0.830. The molecule has 1 aromatic heterocycles. The average Bonchev–Trinajstić information content (AvgIpc) is 2.68. The molecule has 1 heterocycles. The molecule has 0 spiro atoms. The molecule has 3 nitrogen and oxygen atoms in total. The number of nitrogens with one attached hydrogen (secondary N) is 1. The molecule has 0 unspecified atom stereocenters. The molecule has 0 aromatic carbocycles. The van der Waals surface area contributed by atoms with E-state index in [2.05, 4.69) is 55.9 Å². The highest BCUT2D eigenvalue weighted by atomic mass is 15.3. The summed E-state index contributed by atoms with van der Waals surface area (Å²) in [6.07, 6.45) is 7.70. The predicted molar refractivity (Wildman–Crippen MR) is 77.8 cm³/mol. The number of nitrogens with zero attached hydrogens (tertiary/aromatic N) is 2. The van der Waals surface area contributed by atoms with E-state index in [1.54, 1.807) is 0 Å². The maximum absolute atomic E-state index is 4.41. The minimum absolute atomic E-state index is 0.224. The van der Waals surface area contributed by atoms with Crippen LogP contribution in [0.3, 0.4) is 0 Å². The Morgan fingerprint density at radius 2 is 2.06 bits per heavy atom. The number of rotatable bonds is 7. The van der Waals surface area contributed by atoms with Crippen LogP contribution in [-0.2, 0) is 13.0 Å². The fraction of sp³-hybridized carbons (Fsp3) is 0.800. The topological polar surface area (TPSA) is 29.9 Å². The molecule has 0 amide bonds. The standard InChI is InChI=1S/C15H29N3/c1-13(2)8-10-18-12-14(11-17-18)7-6-9-16-15(3,4)5/h11-13,16H,6-10H2,1-5H3. The first-order chi connectivity index (χ1) is 8.37. The third-order valence-electron chi connectivity index (χ3n) is 2.92. The molecule has 1 aromatic rings. The molecule has 0 aliphatic carbocycles. The van der Waals surface area contributed by atoms with Crippen LogP contribution in [0.5, 0.6) is 0 Å². The van der Waals surface area contributed by atoms with Crippen molar-refractivity contribution in [3.05, 3.63) is 18.0 Å². The number of aromatic nitrogens is 2. The zero-order valence-corrected chi connectivity index (χ0v) is 12.7. The van der Waals surface area contributed by atoms with Gasteiger partial charge < -0.3 is 5.32 Å². The molecule has 1 N–H and O–H groups in total. The maximum Gasteiger partial charge on any atom is 0.0521 e. The van der Waals surface area contributed by atoms with Crippen molar-refractivity contribution >= 4 is 0 Å². The predicted octanol–water partition coefficient (Wildman–Crippen LogP) is 3.25. The van der Waals surface area contributed by atoms with Gasteiger partial charge in [-0.05, 0) is 58.1 Å². The molecular formula is C15H29N3. The summed E-state index contributed by atoms with van der Waals surface area (Å²) >= 11 is 0. The van der Waals surface area contributed by atoms with Crippen molar-refractivity contribution in [1.82, 2.24) is 15.1 Å². The van der Waals surface area contributed by atoms with Crippen LogP contribution in [-0.4, -0.2) is 21.9 Å². The summed E-state index contributed by atoms with van der Waals surface area (Å²) in [7, 11) is 0. The molecule has 0 saturated carbocycles. The fourth-order valence-corrected chi connectivity index (χ4v) is 1.80. The summed E-state index contributed by atoms with van der Waals surface area (Å²) < 4.78 is 2.08. The molecule has 0 saturated heterocycles. The Balaban J connectivity index is 2.23. The molecular weight excluding hydrogens is 222 g/mol. The molecule has 0 bridgehead atoms. The zero-order chi connectivity index (χ0) is 13.6. The van der Waals surface area contributed by atoms with E-state index in [4.69, 9.17) is 0 Å². The molecule has 3 heteroatoms. The fourth-order valence-electron chi connectivity index (χ4n) is 1.80. The van der Waals surface area contributed by atoms with Gasteiger partial charge in [-0.25, -0.2) is 0 Å². The van der Waals surface area contributed by atoms with Gasteiger partial charge in [0.05, 0.1) is 6.20 Å². The highest BCUT2D eigenvalue weighted by Crippen LogP contribution is 2.06. The van der Waals surface area contributed by atoms with Crippen molar-refractivity contribution in [2.24, 2.45) is 5.92 Å². The first-order valence-electron chi connectivity index (χ1n) is 7.13. The lowest BCUT2D eigenvalue weighted by atomic mass is 10.1. The Labute approximate surface area is 112 Å². The van der Waals surface area contributed by atoms with Crippen LogP contribution in [0.1, 0.15) is 53.0 Å². The summed E-state index contributed by atoms with van der Waals surface area (Å²) in [4.78, 5) is 0. The lowest BCUT2D eigenvalue weighted by molar-refractivity contribution is 0.422. The SMILES string of the molecule is CC(C)CCn1cc(CCCNC(C)(C)C)cn1. The van der Waals surface area contributed by atoms with E-state index in [1.807, 2.05) is 6.20 Å². The second kappa shape index (κ2) is 6.93. The monoisotopic (exact) mass is 251 g/mol. The van der Waals surface area contributed by atoms with Crippen molar-refractivity contribution in [3.63, 3.8) is 0 Å². The van der Waals surface area contributed by atoms with Crippen LogP contribution in [0.2, 0.25) is 0 Å². The largest absolute Gasteiger partial charge is 0.312 e. The Kier molecular flexibility index (Phi) is 5.86. The summed E-state index contributed by atoms with van der Waals surface area (Å²) in [6, 6.07) is 0.